The quantitative estimate of drug-likeness (QED) is 0.791. The highest BCUT2D eigenvalue weighted by Crippen LogP contribution is 2.19. The molecule has 1 heterocycles. The molecule has 82 valence electrons. The van der Waals surface area contributed by atoms with Gasteiger partial charge in [0.25, 0.3) is 5.91 Å². The lowest BCUT2D eigenvalue weighted by molar-refractivity contribution is 0.0983. The molecule has 0 saturated heterocycles. The van der Waals surface area contributed by atoms with Crippen LogP contribution in [0.15, 0.2) is 59.6 Å². The molecular weight excluding hydrogens is 212 g/mol. The average molecular weight is 222 g/mol. The van der Waals surface area contributed by atoms with Crippen molar-refractivity contribution in [3.05, 3.63) is 65.7 Å². The monoisotopic (exact) mass is 222 g/mol. The maximum atomic E-state index is 11.7. The van der Waals surface area contributed by atoms with E-state index >= 15 is 0 Å². The number of nitrogens with zero attached hydrogens (tertiary/aromatic N) is 1. The molecule has 1 aliphatic rings. The minimum absolute atomic E-state index is 0.0877. The largest absolute Gasteiger partial charge is 0.306 e. The Hall–Kier alpha value is -2.42. The van der Waals surface area contributed by atoms with Gasteiger partial charge in [-0.25, -0.2) is 4.99 Å². The molecule has 0 aliphatic carbocycles. The van der Waals surface area contributed by atoms with E-state index < -0.39 is 0 Å². The molecule has 1 amide bonds. The number of rotatable bonds is 1. The van der Waals surface area contributed by atoms with Crippen LogP contribution in [-0.2, 0) is 0 Å². The Morgan fingerprint density at radius 3 is 2.24 bits per heavy atom. The van der Waals surface area contributed by atoms with E-state index in [2.05, 4.69) is 10.3 Å². The van der Waals surface area contributed by atoms with Crippen molar-refractivity contribution < 1.29 is 4.79 Å². The number of aliphatic imine (C=N–C) groups is 1. The Morgan fingerprint density at radius 1 is 0.824 bits per heavy atom. The van der Waals surface area contributed by atoms with Crippen molar-refractivity contribution in [2.75, 3.05) is 0 Å². The molecule has 3 nitrogen and oxygen atoms in total. The van der Waals surface area contributed by atoms with Gasteiger partial charge in [0.1, 0.15) is 5.84 Å². The summed E-state index contributed by atoms with van der Waals surface area (Å²) in [6.45, 7) is 0. The number of amidine groups is 1. The van der Waals surface area contributed by atoms with Crippen LogP contribution in [-0.4, -0.2) is 11.7 Å². The first kappa shape index (κ1) is 9.78. The van der Waals surface area contributed by atoms with E-state index in [0.717, 1.165) is 11.3 Å². The number of hydrogen-bond donors (Lipinski definition) is 1. The first-order chi connectivity index (χ1) is 8.34. The number of benzene rings is 2. The number of hydrogen-bond acceptors (Lipinski definition) is 2. The summed E-state index contributed by atoms with van der Waals surface area (Å²) in [4.78, 5) is 16.1. The van der Waals surface area contributed by atoms with Crippen molar-refractivity contribution in [1.82, 2.24) is 5.32 Å². The van der Waals surface area contributed by atoms with E-state index in [-0.39, 0.29) is 5.91 Å². The van der Waals surface area contributed by atoms with Gasteiger partial charge < -0.3 is 5.32 Å². The van der Waals surface area contributed by atoms with Crippen molar-refractivity contribution in [2.45, 2.75) is 0 Å². The van der Waals surface area contributed by atoms with E-state index in [4.69, 9.17) is 0 Å². The second kappa shape index (κ2) is 3.87. The summed E-state index contributed by atoms with van der Waals surface area (Å²) in [5.74, 6) is 0.534. The molecule has 0 spiro atoms. The van der Waals surface area contributed by atoms with Gasteiger partial charge in [-0.05, 0) is 18.2 Å². The molecule has 0 aromatic heterocycles. The molecule has 2 aromatic carbocycles. The lowest BCUT2D eigenvalue weighted by Crippen LogP contribution is -2.21. The fourth-order valence-electron chi connectivity index (χ4n) is 1.85. The average Bonchev–Trinajstić information content (AvgIpc) is 2.69. The molecule has 0 atom stereocenters. The fourth-order valence-corrected chi connectivity index (χ4v) is 1.85. The van der Waals surface area contributed by atoms with Crippen molar-refractivity contribution >= 4 is 17.4 Å². The second-order valence-electron chi connectivity index (χ2n) is 3.80. The summed E-state index contributed by atoms with van der Waals surface area (Å²) >= 11 is 0. The first-order valence-electron chi connectivity index (χ1n) is 5.39. The highest BCUT2D eigenvalue weighted by atomic mass is 16.2. The summed E-state index contributed by atoms with van der Waals surface area (Å²) in [6, 6.07) is 17.0. The highest BCUT2D eigenvalue weighted by Gasteiger charge is 2.23. The predicted molar refractivity (Wildman–Crippen MR) is 66.5 cm³/mol. The number of carbonyl (C=O) groups excluding carboxylic acids is 1. The van der Waals surface area contributed by atoms with Gasteiger partial charge in [-0.15, -0.1) is 0 Å². The number of amides is 1. The molecule has 0 unspecified atom stereocenters. The first-order valence-corrected chi connectivity index (χ1v) is 5.39. The summed E-state index contributed by atoms with van der Waals surface area (Å²) < 4.78 is 0. The maximum absolute atomic E-state index is 11.7. The summed E-state index contributed by atoms with van der Waals surface area (Å²) in [7, 11) is 0. The molecule has 0 saturated carbocycles. The molecule has 3 heteroatoms. The van der Waals surface area contributed by atoms with Crippen LogP contribution in [0.25, 0.3) is 0 Å². The third-order valence-corrected chi connectivity index (χ3v) is 2.66. The van der Waals surface area contributed by atoms with Crippen molar-refractivity contribution in [2.24, 2.45) is 4.99 Å². The third-order valence-electron chi connectivity index (χ3n) is 2.66. The molecule has 1 aliphatic heterocycles. The van der Waals surface area contributed by atoms with E-state index in [1.807, 2.05) is 48.5 Å². The summed E-state index contributed by atoms with van der Waals surface area (Å²) in [6.07, 6.45) is 0. The third kappa shape index (κ3) is 1.72. The van der Waals surface area contributed by atoms with E-state index in [1.165, 1.54) is 0 Å². The fraction of sp³-hybridized carbons (Fsp3) is 0. The maximum Gasteiger partial charge on any atom is 0.257 e. The molecule has 0 bridgehead atoms. The van der Waals surface area contributed by atoms with Gasteiger partial charge in [0.05, 0.1) is 11.3 Å². The van der Waals surface area contributed by atoms with Crippen LogP contribution in [0.3, 0.4) is 0 Å². The van der Waals surface area contributed by atoms with Gasteiger partial charge >= 0.3 is 0 Å². The highest BCUT2D eigenvalue weighted by molar-refractivity contribution is 6.23. The van der Waals surface area contributed by atoms with Crippen LogP contribution >= 0.6 is 0 Å². The molecule has 17 heavy (non-hydrogen) atoms. The minimum atomic E-state index is -0.0877. The lowest BCUT2D eigenvalue weighted by atomic mass is 10.1. The van der Waals surface area contributed by atoms with Crippen LogP contribution < -0.4 is 5.32 Å². The standard InChI is InChI=1S/C14H10N2O/c17-14-12-9-5-4-8-11(12)13(16-14)15-10-6-2-1-3-7-10/h1-9H,(H,15,16,17). The molecule has 0 radical (unpaired) electrons. The summed E-state index contributed by atoms with van der Waals surface area (Å²) in [5.41, 5.74) is 2.38. The van der Waals surface area contributed by atoms with Gasteiger partial charge in [-0.3, -0.25) is 4.79 Å². The molecular formula is C14H10N2O. The van der Waals surface area contributed by atoms with Gasteiger partial charge in [-0.1, -0.05) is 36.4 Å². The molecule has 3 rings (SSSR count). The van der Waals surface area contributed by atoms with Gasteiger partial charge in [-0.2, -0.15) is 0 Å². The van der Waals surface area contributed by atoms with Crippen molar-refractivity contribution in [1.29, 1.82) is 0 Å². The number of para-hydroxylation sites is 1. The van der Waals surface area contributed by atoms with Gasteiger partial charge in [0.2, 0.25) is 0 Å². The lowest BCUT2D eigenvalue weighted by Gasteiger charge is -1.98. The number of fused-ring (bicyclic) bond motifs is 1. The number of nitrogens with one attached hydrogen (secondary N) is 1. The Kier molecular flexibility index (Phi) is 2.22. The zero-order chi connectivity index (χ0) is 11.7. The molecule has 0 fully saturated rings. The number of carbonyl (C=O) groups is 1. The SMILES string of the molecule is O=C1N/C(=N\c2ccccc2)c2ccccc21. The Balaban J connectivity index is 2.08. The van der Waals surface area contributed by atoms with Crippen LogP contribution in [0, 0.1) is 0 Å². The Morgan fingerprint density at radius 2 is 1.47 bits per heavy atom. The van der Waals surface area contributed by atoms with E-state index in [1.54, 1.807) is 6.07 Å². The van der Waals surface area contributed by atoms with Gasteiger partial charge in [0.15, 0.2) is 0 Å². The van der Waals surface area contributed by atoms with Crippen LogP contribution in [0.4, 0.5) is 5.69 Å². The van der Waals surface area contributed by atoms with Gasteiger partial charge in [0, 0.05) is 5.56 Å². The van der Waals surface area contributed by atoms with Crippen molar-refractivity contribution in [3.63, 3.8) is 0 Å². The zero-order valence-corrected chi connectivity index (χ0v) is 9.05. The normalized spacial score (nSPS) is 15.8. The van der Waals surface area contributed by atoms with E-state index in [0.29, 0.717) is 11.4 Å². The molecule has 1 N–H and O–H groups in total. The predicted octanol–water partition coefficient (Wildman–Crippen LogP) is 2.51. The van der Waals surface area contributed by atoms with Crippen molar-refractivity contribution in [3.8, 4) is 0 Å². The Bertz CT molecular complexity index is 603. The van der Waals surface area contributed by atoms with E-state index in [9.17, 15) is 4.79 Å². The summed E-state index contributed by atoms with van der Waals surface area (Å²) in [5, 5.41) is 2.78. The van der Waals surface area contributed by atoms with Crippen LogP contribution in [0.1, 0.15) is 15.9 Å². The zero-order valence-electron chi connectivity index (χ0n) is 9.05. The molecule has 2 aromatic rings. The Labute approximate surface area is 98.8 Å². The second-order valence-corrected chi connectivity index (χ2v) is 3.80. The smallest absolute Gasteiger partial charge is 0.257 e. The van der Waals surface area contributed by atoms with Crippen LogP contribution in [0.2, 0.25) is 0 Å². The topological polar surface area (TPSA) is 41.5 Å². The van der Waals surface area contributed by atoms with Crippen LogP contribution in [0.5, 0.6) is 0 Å². The minimum Gasteiger partial charge on any atom is -0.306 e.